The molecule has 2 heterocycles. The molecule has 0 fully saturated rings. The second-order valence-corrected chi connectivity index (χ2v) is 9.72. The molecule has 0 aliphatic heterocycles. The molecule has 4 rings (SSSR count). The highest BCUT2D eigenvalue weighted by molar-refractivity contribution is 5.92. The summed E-state index contributed by atoms with van der Waals surface area (Å²) >= 11 is 0. The molecule has 4 aromatic rings. The number of phenolic OH excluding ortho intramolecular Hbond substituents is 1. The number of aromatic hydroxyl groups is 1. The predicted molar refractivity (Wildman–Crippen MR) is 134 cm³/mol. The van der Waals surface area contributed by atoms with Crippen LogP contribution in [0, 0.1) is 0 Å². The molecule has 0 saturated heterocycles. The van der Waals surface area contributed by atoms with Crippen LogP contribution in [0.25, 0.3) is 16.6 Å². The number of phenols is 1. The fraction of sp³-hybridized carbons (Fsp3) is 0.333. The first-order valence-electron chi connectivity index (χ1n) is 11.4. The molecular weight excluding hydrogens is 428 g/mol. The van der Waals surface area contributed by atoms with E-state index >= 15 is 0 Å². The van der Waals surface area contributed by atoms with E-state index in [-0.39, 0.29) is 23.0 Å². The van der Waals surface area contributed by atoms with Crippen molar-refractivity contribution in [1.82, 2.24) is 19.7 Å². The van der Waals surface area contributed by atoms with Gasteiger partial charge >= 0.3 is 0 Å². The minimum atomic E-state index is -0.384. The van der Waals surface area contributed by atoms with Gasteiger partial charge in [0.15, 0.2) is 0 Å². The predicted octanol–water partition coefficient (Wildman–Crippen LogP) is 4.80. The third kappa shape index (κ3) is 4.51. The Morgan fingerprint density at radius 3 is 2.50 bits per heavy atom. The van der Waals surface area contributed by atoms with E-state index in [0.717, 1.165) is 39.3 Å². The Morgan fingerprint density at radius 2 is 1.85 bits per heavy atom. The number of rotatable bonds is 6. The molecule has 2 aromatic carbocycles. The van der Waals surface area contributed by atoms with Gasteiger partial charge in [0, 0.05) is 29.6 Å². The quantitative estimate of drug-likeness (QED) is 0.433. The van der Waals surface area contributed by atoms with E-state index in [9.17, 15) is 9.90 Å². The van der Waals surface area contributed by atoms with E-state index in [4.69, 9.17) is 9.84 Å². The van der Waals surface area contributed by atoms with Crippen LogP contribution in [0.15, 0.2) is 54.7 Å². The lowest BCUT2D eigenvalue weighted by Crippen LogP contribution is -2.28. The fourth-order valence-electron chi connectivity index (χ4n) is 4.09. The number of amides is 1. The summed E-state index contributed by atoms with van der Waals surface area (Å²) in [5, 5.41) is 18.7. The second-order valence-electron chi connectivity index (χ2n) is 9.72. The molecule has 2 N–H and O–H groups in total. The zero-order valence-corrected chi connectivity index (χ0v) is 20.6. The third-order valence-electron chi connectivity index (χ3n) is 6.18. The first-order valence-corrected chi connectivity index (χ1v) is 11.4. The Kier molecular flexibility index (Phi) is 6.13. The van der Waals surface area contributed by atoms with Crippen LogP contribution in [0.2, 0.25) is 0 Å². The molecular formula is C27H32N4O3. The summed E-state index contributed by atoms with van der Waals surface area (Å²) in [6, 6.07) is 15.0. The maximum Gasteiger partial charge on any atom is 0.227 e. The van der Waals surface area contributed by atoms with Gasteiger partial charge in [0.2, 0.25) is 5.91 Å². The zero-order chi connectivity index (χ0) is 24.6. The van der Waals surface area contributed by atoms with Crippen LogP contribution in [0.4, 0.5) is 0 Å². The topological polar surface area (TPSA) is 81.3 Å². The number of aromatic nitrogens is 3. The molecule has 0 aliphatic carbocycles. The molecule has 1 amide bonds. The molecule has 0 saturated carbocycles. The molecule has 7 heteroatoms. The fourth-order valence-corrected chi connectivity index (χ4v) is 4.09. The highest BCUT2D eigenvalue weighted by Crippen LogP contribution is 2.30. The maximum atomic E-state index is 13.2. The number of hydrogen-bond acceptors (Lipinski definition) is 4. The molecule has 0 bridgehead atoms. The number of carbonyl (C=O) groups is 1. The number of benzene rings is 2. The SMILES string of the molecule is COc1ccc(-n2nc(C(C)(C)C)cc2CNC(=O)C(C)c2cn(C)c3ccc(O)cc23)cc1. The van der Waals surface area contributed by atoms with E-state index in [2.05, 4.69) is 26.1 Å². The van der Waals surface area contributed by atoms with Gasteiger partial charge in [0.05, 0.1) is 36.6 Å². The highest BCUT2D eigenvalue weighted by atomic mass is 16.5. The average molecular weight is 461 g/mol. The van der Waals surface area contributed by atoms with Crippen molar-refractivity contribution < 1.29 is 14.6 Å². The number of aryl methyl sites for hydroxylation is 1. The van der Waals surface area contributed by atoms with Gasteiger partial charge in [-0.25, -0.2) is 4.68 Å². The molecule has 0 spiro atoms. The summed E-state index contributed by atoms with van der Waals surface area (Å²) in [6.45, 7) is 8.58. The van der Waals surface area contributed by atoms with Crippen molar-refractivity contribution >= 4 is 16.8 Å². The molecule has 2 aromatic heterocycles. The van der Waals surface area contributed by atoms with Crippen molar-refractivity contribution in [2.24, 2.45) is 7.05 Å². The Morgan fingerprint density at radius 1 is 1.15 bits per heavy atom. The lowest BCUT2D eigenvalue weighted by Gasteiger charge is -2.14. The van der Waals surface area contributed by atoms with E-state index in [0.29, 0.717) is 6.54 Å². The first-order chi connectivity index (χ1) is 16.1. The smallest absolute Gasteiger partial charge is 0.227 e. The summed E-state index contributed by atoms with van der Waals surface area (Å²) in [5.41, 5.74) is 4.47. The minimum Gasteiger partial charge on any atom is -0.508 e. The number of nitrogens with one attached hydrogen (secondary N) is 1. The van der Waals surface area contributed by atoms with Gasteiger partial charge in [-0.2, -0.15) is 5.10 Å². The summed E-state index contributed by atoms with van der Waals surface area (Å²) in [5.74, 6) is 0.489. The van der Waals surface area contributed by atoms with Crippen molar-refractivity contribution in [2.45, 2.75) is 45.6 Å². The molecule has 0 radical (unpaired) electrons. The molecule has 1 unspecified atom stereocenters. The summed E-state index contributed by atoms with van der Waals surface area (Å²) in [7, 11) is 3.58. The van der Waals surface area contributed by atoms with E-state index in [1.54, 1.807) is 19.2 Å². The van der Waals surface area contributed by atoms with Crippen LogP contribution in [0.3, 0.4) is 0 Å². The number of ether oxygens (including phenoxy) is 1. The van der Waals surface area contributed by atoms with E-state index < -0.39 is 0 Å². The summed E-state index contributed by atoms with van der Waals surface area (Å²) in [6.07, 6.45) is 1.95. The van der Waals surface area contributed by atoms with Gasteiger partial charge < -0.3 is 19.7 Å². The first kappa shape index (κ1) is 23.4. The van der Waals surface area contributed by atoms with Crippen molar-refractivity contribution in [1.29, 1.82) is 0 Å². The van der Waals surface area contributed by atoms with Crippen molar-refractivity contribution in [3.63, 3.8) is 0 Å². The number of nitrogens with zero attached hydrogens (tertiary/aromatic N) is 3. The Labute approximate surface area is 200 Å². The van der Waals surface area contributed by atoms with Gasteiger partial charge in [-0.3, -0.25) is 4.79 Å². The minimum absolute atomic E-state index is 0.0874. The standard InChI is InChI=1S/C27H32N4O3/c1-17(23-16-30(5)24-12-9-20(32)14-22(23)24)26(33)28-15-19-13-25(27(2,3)4)29-31(19)18-7-10-21(34-6)11-8-18/h7-14,16-17,32H,15H2,1-6H3,(H,28,33). The van der Waals surface area contributed by atoms with Crippen LogP contribution >= 0.6 is 0 Å². The molecule has 7 nitrogen and oxygen atoms in total. The molecule has 34 heavy (non-hydrogen) atoms. The van der Waals surface area contributed by atoms with Crippen LogP contribution in [0.5, 0.6) is 11.5 Å². The molecule has 1 atom stereocenters. The summed E-state index contributed by atoms with van der Waals surface area (Å²) in [4.78, 5) is 13.2. The largest absolute Gasteiger partial charge is 0.508 e. The maximum absolute atomic E-state index is 13.2. The normalized spacial score (nSPS) is 12.6. The van der Waals surface area contributed by atoms with Crippen molar-refractivity contribution in [3.8, 4) is 17.2 Å². The van der Waals surface area contributed by atoms with Gasteiger partial charge in [0.1, 0.15) is 11.5 Å². The monoisotopic (exact) mass is 460 g/mol. The number of fused-ring (bicyclic) bond motifs is 1. The van der Waals surface area contributed by atoms with Crippen LogP contribution in [-0.2, 0) is 23.8 Å². The third-order valence-corrected chi connectivity index (χ3v) is 6.18. The summed E-state index contributed by atoms with van der Waals surface area (Å²) < 4.78 is 9.13. The number of carbonyl (C=O) groups excluding carboxylic acids is 1. The van der Waals surface area contributed by atoms with Crippen molar-refractivity contribution in [2.75, 3.05) is 7.11 Å². The van der Waals surface area contributed by atoms with Gasteiger partial charge in [-0.05, 0) is 61.0 Å². The number of methoxy groups -OCH3 is 1. The van der Waals surface area contributed by atoms with E-state index in [1.807, 2.05) is 65.8 Å². The van der Waals surface area contributed by atoms with Gasteiger partial charge in [-0.1, -0.05) is 20.8 Å². The van der Waals surface area contributed by atoms with E-state index in [1.165, 1.54) is 0 Å². The molecule has 0 aliphatic rings. The van der Waals surface area contributed by atoms with Crippen LogP contribution in [-0.4, -0.2) is 32.5 Å². The average Bonchev–Trinajstić information content (AvgIpc) is 3.38. The van der Waals surface area contributed by atoms with Crippen LogP contribution < -0.4 is 10.1 Å². The lowest BCUT2D eigenvalue weighted by atomic mass is 9.92. The van der Waals surface area contributed by atoms with Crippen LogP contribution in [0.1, 0.15) is 50.6 Å². The Hall–Kier alpha value is -3.74. The van der Waals surface area contributed by atoms with Crippen molar-refractivity contribution in [3.05, 3.63) is 71.7 Å². The zero-order valence-electron chi connectivity index (χ0n) is 20.6. The Balaban J connectivity index is 1.59. The number of hydrogen-bond donors (Lipinski definition) is 2. The second kappa shape index (κ2) is 8.89. The lowest BCUT2D eigenvalue weighted by molar-refractivity contribution is -0.122. The highest BCUT2D eigenvalue weighted by Gasteiger charge is 2.23. The Bertz CT molecular complexity index is 1330. The molecule has 178 valence electrons. The van der Waals surface area contributed by atoms with Gasteiger partial charge in [0.25, 0.3) is 0 Å². The van der Waals surface area contributed by atoms with Gasteiger partial charge in [-0.15, -0.1) is 0 Å².